The summed E-state index contributed by atoms with van der Waals surface area (Å²) in [5, 5.41) is -0.104. The Morgan fingerprint density at radius 3 is 2.58 bits per heavy atom. The minimum Gasteiger partial charge on any atom is -0.454 e. The van der Waals surface area contributed by atoms with E-state index in [2.05, 4.69) is 0 Å². The summed E-state index contributed by atoms with van der Waals surface area (Å²) in [4.78, 5) is 11.2. The van der Waals surface area contributed by atoms with E-state index < -0.39 is 11.7 Å². The van der Waals surface area contributed by atoms with Crippen molar-refractivity contribution in [3.63, 3.8) is 0 Å². The highest BCUT2D eigenvalue weighted by atomic mass is 35.5. The van der Waals surface area contributed by atoms with Crippen LogP contribution in [-0.2, 0) is 0 Å². The topological polar surface area (TPSA) is 78.3 Å². The van der Waals surface area contributed by atoms with Gasteiger partial charge in [-0.3, -0.25) is 4.79 Å². The third-order valence-corrected chi connectivity index (χ3v) is 2.71. The fourth-order valence-electron chi connectivity index (χ4n) is 1.51. The first-order chi connectivity index (χ1) is 8.99. The van der Waals surface area contributed by atoms with Gasteiger partial charge >= 0.3 is 0 Å². The van der Waals surface area contributed by atoms with Crippen LogP contribution in [0.5, 0.6) is 11.5 Å². The number of carbonyl (C=O) groups is 1. The molecule has 98 valence electrons. The van der Waals surface area contributed by atoms with Crippen molar-refractivity contribution in [1.82, 2.24) is 0 Å². The van der Waals surface area contributed by atoms with E-state index in [1.807, 2.05) is 0 Å². The predicted octanol–water partition coefficient (Wildman–Crippen LogP) is 2.95. The number of rotatable bonds is 3. The summed E-state index contributed by atoms with van der Waals surface area (Å²) in [7, 11) is 0. The summed E-state index contributed by atoms with van der Waals surface area (Å²) in [6.07, 6.45) is 0. The van der Waals surface area contributed by atoms with Gasteiger partial charge in [0.1, 0.15) is 11.6 Å². The molecule has 2 aromatic carbocycles. The highest BCUT2D eigenvalue weighted by Gasteiger charge is 2.13. The number of carbonyl (C=O) groups excluding carboxylic acids is 1. The van der Waals surface area contributed by atoms with Crippen LogP contribution in [0.2, 0.25) is 5.02 Å². The van der Waals surface area contributed by atoms with E-state index >= 15 is 0 Å². The third-order valence-electron chi connectivity index (χ3n) is 2.43. The maximum Gasteiger partial charge on any atom is 0.252 e. The number of anilines is 1. The number of amides is 1. The van der Waals surface area contributed by atoms with Gasteiger partial charge in [-0.2, -0.15) is 0 Å². The van der Waals surface area contributed by atoms with Crippen molar-refractivity contribution in [3.05, 3.63) is 52.8 Å². The van der Waals surface area contributed by atoms with Crippen molar-refractivity contribution < 1.29 is 13.9 Å². The average Bonchev–Trinajstić information content (AvgIpc) is 2.36. The Morgan fingerprint density at radius 2 is 1.89 bits per heavy atom. The molecule has 0 spiro atoms. The first kappa shape index (κ1) is 13.2. The van der Waals surface area contributed by atoms with Crippen LogP contribution in [0.15, 0.2) is 36.4 Å². The second-order valence-electron chi connectivity index (χ2n) is 3.77. The lowest BCUT2D eigenvalue weighted by atomic mass is 10.2. The van der Waals surface area contributed by atoms with E-state index in [-0.39, 0.29) is 27.8 Å². The minimum absolute atomic E-state index is 0.0654. The van der Waals surface area contributed by atoms with Crippen LogP contribution in [0.3, 0.4) is 0 Å². The number of primary amides is 1. The molecule has 4 N–H and O–H groups in total. The summed E-state index contributed by atoms with van der Waals surface area (Å²) in [6, 6.07) is 8.61. The molecular formula is C13H10ClFN2O2. The Kier molecular flexibility index (Phi) is 3.57. The van der Waals surface area contributed by atoms with E-state index in [0.29, 0.717) is 0 Å². The van der Waals surface area contributed by atoms with E-state index in [9.17, 15) is 9.18 Å². The number of hydrogen-bond donors (Lipinski definition) is 2. The van der Waals surface area contributed by atoms with E-state index in [4.69, 9.17) is 27.8 Å². The first-order valence-electron chi connectivity index (χ1n) is 5.30. The molecule has 0 bridgehead atoms. The molecule has 1 amide bonds. The van der Waals surface area contributed by atoms with Gasteiger partial charge in [-0.15, -0.1) is 0 Å². The Hall–Kier alpha value is -2.27. The van der Waals surface area contributed by atoms with Crippen LogP contribution >= 0.6 is 11.6 Å². The van der Waals surface area contributed by atoms with E-state index in [0.717, 1.165) is 6.07 Å². The molecule has 2 rings (SSSR count). The summed E-state index contributed by atoms with van der Waals surface area (Å²) >= 11 is 5.59. The molecule has 0 aliphatic rings. The number of benzene rings is 2. The molecule has 0 saturated heterocycles. The van der Waals surface area contributed by atoms with Crippen molar-refractivity contribution >= 4 is 23.2 Å². The molecule has 4 nitrogen and oxygen atoms in total. The molecule has 0 heterocycles. The minimum atomic E-state index is -0.664. The maximum atomic E-state index is 13.4. The zero-order chi connectivity index (χ0) is 14.0. The summed E-state index contributed by atoms with van der Waals surface area (Å²) in [5.41, 5.74) is 11.2. The SMILES string of the molecule is NC(=O)c1ccccc1Oc1cc(F)c(Cl)cc1N. The number of halogens is 2. The molecule has 0 fully saturated rings. The molecule has 6 heteroatoms. The van der Waals surface area contributed by atoms with Gasteiger partial charge in [-0.05, 0) is 18.2 Å². The molecule has 0 aliphatic carbocycles. The molecule has 0 saturated carbocycles. The third kappa shape index (κ3) is 2.77. The van der Waals surface area contributed by atoms with Crippen LogP contribution < -0.4 is 16.2 Å². The second kappa shape index (κ2) is 5.16. The monoisotopic (exact) mass is 280 g/mol. The molecule has 0 aromatic heterocycles. The van der Waals surface area contributed by atoms with Crippen molar-refractivity contribution in [1.29, 1.82) is 0 Å². The highest BCUT2D eigenvalue weighted by molar-refractivity contribution is 6.31. The zero-order valence-electron chi connectivity index (χ0n) is 9.69. The van der Waals surface area contributed by atoms with Gasteiger partial charge in [-0.1, -0.05) is 23.7 Å². The quantitative estimate of drug-likeness (QED) is 0.849. The number of hydrogen-bond acceptors (Lipinski definition) is 3. The van der Waals surface area contributed by atoms with Crippen molar-refractivity contribution in [3.8, 4) is 11.5 Å². The normalized spacial score (nSPS) is 10.2. The van der Waals surface area contributed by atoms with Gasteiger partial charge in [-0.25, -0.2) is 4.39 Å². The lowest BCUT2D eigenvalue weighted by molar-refractivity contribution is 0.0998. The van der Waals surface area contributed by atoms with Crippen LogP contribution in [0.25, 0.3) is 0 Å². The van der Waals surface area contributed by atoms with Crippen molar-refractivity contribution in [2.45, 2.75) is 0 Å². The molecule has 0 atom stereocenters. The van der Waals surface area contributed by atoms with Gasteiger partial charge in [0.2, 0.25) is 0 Å². The average molecular weight is 281 g/mol. The molecular weight excluding hydrogens is 271 g/mol. The van der Waals surface area contributed by atoms with Gasteiger partial charge < -0.3 is 16.2 Å². The summed E-state index contributed by atoms with van der Waals surface area (Å²) in [6.45, 7) is 0. The van der Waals surface area contributed by atoms with E-state index in [1.54, 1.807) is 12.1 Å². The standard InChI is InChI=1S/C13H10ClFN2O2/c14-8-5-10(16)12(6-9(8)15)19-11-4-2-1-3-7(11)13(17)18/h1-6H,16H2,(H2,17,18). The van der Waals surface area contributed by atoms with E-state index in [1.165, 1.54) is 18.2 Å². The first-order valence-corrected chi connectivity index (χ1v) is 5.68. The maximum absolute atomic E-state index is 13.4. The zero-order valence-corrected chi connectivity index (χ0v) is 10.4. The Labute approximate surface area is 113 Å². The molecule has 2 aromatic rings. The van der Waals surface area contributed by atoms with Crippen molar-refractivity contribution in [2.24, 2.45) is 5.73 Å². The van der Waals surface area contributed by atoms with Crippen LogP contribution in [0.4, 0.5) is 10.1 Å². The molecule has 0 radical (unpaired) electrons. The Bertz CT molecular complexity index is 647. The highest BCUT2D eigenvalue weighted by Crippen LogP contribution is 2.33. The van der Waals surface area contributed by atoms with Gasteiger partial charge in [0.05, 0.1) is 16.3 Å². The van der Waals surface area contributed by atoms with Crippen LogP contribution in [0, 0.1) is 5.82 Å². The fourth-order valence-corrected chi connectivity index (χ4v) is 1.68. The Morgan fingerprint density at radius 1 is 1.21 bits per heavy atom. The largest absolute Gasteiger partial charge is 0.454 e. The van der Waals surface area contributed by atoms with Crippen molar-refractivity contribution in [2.75, 3.05) is 5.73 Å². The van der Waals surface area contributed by atoms with Gasteiger partial charge in [0, 0.05) is 6.07 Å². The smallest absolute Gasteiger partial charge is 0.252 e. The number of nitrogens with two attached hydrogens (primary N) is 2. The van der Waals surface area contributed by atoms with Gasteiger partial charge in [0.25, 0.3) is 5.91 Å². The fraction of sp³-hybridized carbons (Fsp3) is 0. The number of ether oxygens (including phenoxy) is 1. The van der Waals surface area contributed by atoms with Crippen LogP contribution in [-0.4, -0.2) is 5.91 Å². The number of para-hydroxylation sites is 1. The predicted molar refractivity (Wildman–Crippen MR) is 70.9 cm³/mol. The molecule has 0 unspecified atom stereocenters. The lowest BCUT2D eigenvalue weighted by Gasteiger charge is -2.11. The molecule has 19 heavy (non-hydrogen) atoms. The van der Waals surface area contributed by atoms with Crippen LogP contribution in [0.1, 0.15) is 10.4 Å². The van der Waals surface area contributed by atoms with Gasteiger partial charge in [0.15, 0.2) is 5.75 Å². The molecule has 0 aliphatic heterocycles. The Balaban J connectivity index is 2.42. The number of nitrogen functional groups attached to an aromatic ring is 1. The lowest BCUT2D eigenvalue weighted by Crippen LogP contribution is -2.12. The second-order valence-corrected chi connectivity index (χ2v) is 4.17. The summed E-state index contributed by atoms with van der Waals surface area (Å²) < 4.78 is 18.8. The summed E-state index contributed by atoms with van der Waals surface area (Å²) in [5.74, 6) is -1.05.